The lowest BCUT2D eigenvalue weighted by Gasteiger charge is -2.29. The zero-order valence-corrected chi connectivity index (χ0v) is 26.7. The molecule has 2 fully saturated rings. The third-order valence-electron chi connectivity index (χ3n) is 8.54. The normalized spacial score (nSPS) is 19.2. The first-order valence-corrected chi connectivity index (χ1v) is 16.6. The van der Waals surface area contributed by atoms with E-state index < -0.39 is 12.1 Å². The zero-order valence-electron chi connectivity index (χ0n) is 25.1. The van der Waals surface area contributed by atoms with Crippen LogP contribution in [0.25, 0.3) is 41.8 Å². The van der Waals surface area contributed by atoms with Crippen LogP contribution in [-0.4, -0.2) is 84.4 Å². The Morgan fingerprint density at radius 2 is 1.53 bits per heavy atom. The Balaban J connectivity index is 1.10. The van der Waals surface area contributed by atoms with E-state index >= 15 is 0 Å². The number of amides is 3. The Morgan fingerprint density at radius 3 is 2.11 bits per heavy atom. The van der Waals surface area contributed by atoms with Crippen LogP contribution < -0.4 is 5.32 Å². The van der Waals surface area contributed by atoms with Crippen LogP contribution in [0, 0.1) is 5.92 Å². The molecule has 4 aromatic heterocycles. The molecule has 1 aromatic carbocycles. The monoisotopic (exact) mass is 647 g/mol. The molecule has 5 aromatic rings. The number of carbonyl (C=O) groups is 3. The number of nitrogens with one attached hydrogen (secondary N) is 3. The van der Waals surface area contributed by atoms with Crippen molar-refractivity contribution in [2.24, 2.45) is 5.92 Å². The van der Waals surface area contributed by atoms with E-state index in [0.717, 1.165) is 86.3 Å². The van der Waals surface area contributed by atoms with Gasteiger partial charge in [0.05, 0.1) is 63.4 Å². The summed E-state index contributed by atoms with van der Waals surface area (Å²) in [7, 11) is 1.29. The maximum Gasteiger partial charge on any atom is 0.407 e. The SMILES string of the molecule is COC(=O)N[C@H](C(=O)N1CCC[C@H]1c1ncc(-c2nc3cc4sc(-c5cnc([C@@H]6CCCN6C=O)[nH]5)nc4cc3s2)[nH]1)C(C)C. The summed E-state index contributed by atoms with van der Waals surface area (Å²) in [5.74, 6) is 1.25. The van der Waals surface area contributed by atoms with Crippen molar-refractivity contribution < 1.29 is 19.1 Å². The average Bonchev–Trinajstić information content (AvgIpc) is 3.86. The highest BCUT2D eigenvalue weighted by Crippen LogP contribution is 2.38. The van der Waals surface area contributed by atoms with Crippen LogP contribution in [0.3, 0.4) is 0 Å². The highest BCUT2D eigenvalue weighted by atomic mass is 32.1. The number of ether oxygens (including phenoxy) is 1. The zero-order chi connectivity index (χ0) is 31.2. The maximum atomic E-state index is 13.5. The van der Waals surface area contributed by atoms with Crippen LogP contribution in [0.4, 0.5) is 4.79 Å². The second kappa shape index (κ2) is 11.9. The molecule has 0 saturated carbocycles. The third-order valence-corrected chi connectivity index (χ3v) is 10.6. The smallest absolute Gasteiger partial charge is 0.407 e. The van der Waals surface area contributed by atoms with E-state index in [0.29, 0.717) is 12.4 Å². The molecule has 2 saturated heterocycles. The number of likely N-dealkylation sites (tertiary alicyclic amines) is 2. The number of imidazole rings is 2. The van der Waals surface area contributed by atoms with Gasteiger partial charge in [-0.05, 0) is 43.7 Å². The summed E-state index contributed by atoms with van der Waals surface area (Å²) in [4.78, 5) is 66.2. The fourth-order valence-corrected chi connectivity index (χ4v) is 8.10. The summed E-state index contributed by atoms with van der Waals surface area (Å²) in [6.45, 7) is 5.15. The van der Waals surface area contributed by atoms with E-state index in [1.807, 2.05) is 13.8 Å². The number of H-pyrrole nitrogens is 2. The van der Waals surface area contributed by atoms with Crippen molar-refractivity contribution in [2.45, 2.75) is 57.7 Å². The number of hydrogen-bond donors (Lipinski definition) is 3. The van der Waals surface area contributed by atoms with Crippen molar-refractivity contribution in [3.8, 4) is 21.4 Å². The number of benzene rings is 1. The second-order valence-electron chi connectivity index (χ2n) is 11.7. The first kappa shape index (κ1) is 29.3. The van der Waals surface area contributed by atoms with E-state index in [4.69, 9.17) is 14.7 Å². The van der Waals surface area contributed by atoms with Gasteiger partial charge in [-0.1, -0.05) is 13.8 Å². The molecule has 13 nitrogen and oxygen atoms in total. The van der Waals surface area contributed by atoms with Gasteiger partial charge in [-0.15, -0.1) is 22.7 Å². The van der Waals surface area contributed by atoms with Gasteiger partial charge in [0.25, 0.3) is 0 Å². The number of thiazole rings is 2. The number of fused-ring (bicyclic) bond motifs is 2. The molecule has 3 atom stereocenters. The van der Waals surface area contributed by atoms with Gasteiger partial charge in [0.1, 0.15) is 27.7 Å². The molecule has 0 bridgehead atoms. The van der Waals surface area contributed by atoms with Crippen molar-refractivity contribution in [1.82, 2.24) is 45.0 Å². The number of rotatable bonds is 8. The Hall–Kier alpha value is -4.37. The number of carbonyl (C=O) groups excluding carboxylic acids is 3. The number of methoxy groups -OCH3 is 1. The van der Waals surface area contributed by atoms with Gasteiger partial charge < -0.3 is 29.8 Å². The summed E-state index contributed by atoms with van der Waals surface area (Å²) in [6, 6.07) is 3.20. The summed E-state index contributed by atoms with van der Waals surface area (Å²) in [5.41, 5.74) is 3.39. The molecule has 3 amide bonds. The van der Waals surface area contributed by atoms with Gasteiger partial charge in [-0.2, -0.15) is 0 Å². The highest BCUT2D eigenvalue weighted by Gasteiger charge is 2.37. The van der Waals surface area contributed by atoms with Crippen molar-refractivity contribution in [3.05, 3.63) is 36.2 Å². The summed E-state index contributed by atoms with van der Waals surface area (Å²) in [6.07, 6.45) is 7.33. The lowest BCUT2D eigenvalue weighted by Crippen LogP contribution is -2.51. The van der Waals surface area contributed by atoms with Crippen LogP contribution in [0.2, 0.25) is 0 Å². The highest BCUT2D eigenvalue weighted by molar-refractivity contribution is 7.23. The molecule has 0 radical (unpaired) electrons. The largest absolute Gasteiger partial charge is 0.453 e. The Morgan fingerprint density at radius 1 is 0.956 bits per heavy atom. The van der Waals surface area contributed by atoms with Crippen LogP contribution in [0.5, 0.6) is 0 Å². The predicted octanol–water partition coefficient (Wildman–Crippen LogP) is 5.02. The molecule has 0 unspecified atom stereocenters. The minimum Gasteiger partial charge on any atom is -0.453 e. The Labute approximate surface area is 266 Å². The molecule has 6 heterocycles. The quantitative estimate of drug-likeness (QED) is 0.198. The lowest BCUT2D eigenvalue weighted by molar-refractivity contribution is -0.135. The van der Waals surface area contributed by atoms with Gasteiger partial charge in [0, 0.05) is 13.1 Å². The molecule has 2 aliphatic heterocycles. The fraction of sp³-hybridized carbons (Fsp3) is 0.433. The van der Waals surface area contributed by atoms with Gasteiger partial charge >= 0.3 is 6.09 Å². The van der Waals surface area contributed by atoms with Crippen LogP contribution in [-0.2, 0) is 14.3 Å². The van der Waals surface area contributed by atoms with E-state index in [2.05, 4.69) is 37.4 Å². The Bertz CT molecular complexity index is 1840. The molecular weight excluding hydrogens is 615 g/mol. The molecule has 2 aliphatic rings. The van der Waals surface area contributed by atoms with Crippen molar-refractivity contribution in [3.63, 3.8) is 0 Å². The lowest BCUT2D eigenvalue weighted by atomic mass is 10.0. The third kappa shape index (κ3) is 5.43. The molecule has 3 N–H and O–H groups in total. The minimum absolute atomic E-state index is 0.0145. The van der Waals surface area contributed by atoms with Crippen LogP contribution in [0.15, 0.2) is 24.5 Å². The minimum atomic E-state index is -0.685. The molecule has 234 valence electrons. The number of nitrogens with zero attached hydrogens (tertiary/aromatic N) is 6. The van der Waals surface area contributed by atoms with E-state index in [9.17, 15) is 14.4 Å². The summed E-state index contributed by atoms with van der Waals surface area (Å²) >= 11 is 3.13. The van der Waals surface area contributed by atoms with Crippen LogP contribution >= 0.6 is 22.7 Å². The molecule has 45 heavy (non-hydrogen) atoms. The van der Waals surface area contributed by atoms with E-state index in [1.165, 1.54) is 7.11 Å². The fourth-order valence-electron chi connectivity index (χ4n) is 6.21. The number of hydrogen-bond acceptors (Lipinski definition) is 10. The molecular formula is C30H33N9O4S2. The first-order valence-electron chi connectivity index (χ1n) is 15.0. The van der Waals surface area contributed by atoms with Gasteiger partial charge in [-0.3, -0.25) is 9.59 Å². The number of alkyl carbamates (subject to hydrolysis) is 1. The molecule has 7 rings (SSSR count). The topological polar surface area (TPSA) is 162 Å². The second-order valence-corrected chi connectivity index (χ2v) is 13.8. The molecule has 0 spiro atoms. The first-order chi connectivity index (χ1) is 21.8. The Kier molecular flexibility index (Phi) is 7.73. The van der Waals surface area contributed by atoms with Gasteiger partial charge in [0.15, 0.2) is 0 Å². The number of aromatic nitrogens is 6. The average molecular weight is 648 g/mol. The predicted molar refractivity (Wildman–Crippen MR) is 171 cm³/mol. The summed E-state index contributed by atoms with van der Waals surface area (Å²) < 4.78 is 6.77. The van der Waals surface area contributed by atoms with Crippen LogP contribution in [0.1, 0.15) is 63.3 Å². The van der Waals surface area contributed by atoms with Crippen molar-refractivity contribution in [1.29, 1.82) is 0 Å². The van der Waals surface area contributed by atoms with Gasteiger partial charge in [-0.25, -0.2) is 24.7 Å². The van der Waals surface area contributed by atoms with E-state index in [-0.39, 0.29) is 23.9 Å². The van der Waals surface area contributed by atoms with E-state index in [1.54, 1.807) is 44.9 Å². The molecule has 0 aliphatic carbocycles. The van der Waals surface area contributed by atoms with Gasteiger partial charge in [0.2, 0.25) is 12.3 Å². The number of aromatic amines is 2. The standard InChI is InChI=1S/C30H33N9O4S2/c1-15(2)24(37-30(42)43-3)29(41)39-9-5-7-21(39)26-32-13-19(34-26)28-36-17-11-22-16(10-23(17)45-28)35-27(44-22)18-12-31-25(33-18)20-6-4-8-38(20)14-40/h10-15,20-21,24H,4-9H2,1-3H3,(H,31,33)(H,32,34)(H,37,42)/t20-,21-,24-/m0/s1. The van der Waals surface area contributed by atoms with Crippen molar-refractivity contribution >= 4 is 61.5 Å². The maximum absolute atomic E-state index is 13.5. The summed E-state index contributed by atoms with van der Waals surface area (Å²) in [5, 5.41) is 4.33. The molecule has 15 heteroatoms. The van der Waals surface area contributed by atoms with Crippen molar-refractivity contribution in [2.75, 3.05) is 20.2 Å².